The van der Waals surface area contributed by atoms with Gasteiger partial charge in [-0.25, -0.2) is 9.97 Å². The summed E-state index contributed by atoms with van der Waals surface area (Å²) in [5, 5.41) is 1.10. The number of aromatic nitrogens is 2. The van der Waals surface area contributed by atoms with Crippen LogP contribution in [0, 0.1) is 6.92 Å². The van der Waals surface area contributed by atoms with E-state index in [1.165, 1.54) is 22.3 Å². The molecule has 0 bridgehead atoms. The maximum absolute atomic E-state index is 4.78. The monoisotopic (exact) mass is 336 g/mol. The molecule has 0 unspecified atom stereocenters. The van der Waals surface area contributed by atoms with Gasteiger partial charge in [-0.3, -0.25) is 0 Å². The third-order valence-electron chi connectivity index (χ3n) is 5.57. The average molecular weight is 336 g/mol. The molecule has 0 N–H and O–H groups in total. The summed E-state index contributed by atoms with van der Waals surface area (Å²) in [4.78, 5) is 9.37. The highest BCUT2D eigenvalue weighted by molar-refractivity contribution is 5.93. The van der Waals surface area contributed by atoms with E-state index in [1.807, 2.05) is 13.0 Å². The fourth-order valence-electron chi connectivity index (χ4n) is 4.26. The second-order valence-electron chi connectivity index (χ2n) is 7.57. The topological polar surface area (TPSA) is 25.8 Å². The molecule has 0 saturated carbocycles. The first-order valence-corrected chi connectivity index (χ1v) is 9.04. The van der Waals surface area contributed by atoms with Crippen LogP contribution in [-0.4, -0.2) is 9.97 Å². The molecule has 0 saturated heterocycles. The summed E-state index contributed by atoms with van der Waals surface area (Å²) >= 11 is 0. The molecule has 2 heteroatoms. The third kappa shape index (κ3) is 2.05. The zero-order chi connectivity index (χ0) is 17.9. The molecule has 4 aromatic rings. The number of benzene rings is 3. The van der Waals surface area contributed by atoms with Crippen molar-refractivity contribution in [2.45, 2.75) is 26.2 Å². The van der Waals surface area contributed by atoms with E-state index >= 15 is 0 Å². The van der Waals surface area contributed by atoms with E-state index in [4.69, 9.17) is 4.98 Å². The molecule has 0 fully saturated rings. The molecule has 0 aliphatic heterocycles. The Balaban J connectivity index is 1.77. The van der Waals surface area contributed by atoms with Crippen LogP contribution in [0.25, 0.3) is 33.3 Å². The first kappa shape index (κ1) is 15.3. The first-order valence-electron chi connectivity index (χ1n) is 9.04. The van der Waals surface area contributed by atoms with Gasteiger partial charge in [-0.05, 0) is 41.3 Å². The summed E-state index contributed by atoms with van der Waals surface area (Å²) in [7, 11) is 0. The second-order valence-corrected chi connectivity index (χ2v) is 7.57. The van der Waals surface area contributed by atoms with Crippen LogP contribution in [0.1, 0.15) is 30.8 Å². The molecule has 0 amide bonds. The fourth-order valence-corrected chi connectivity index (χ4v) is 4.26. The van der Waals surface area contributed by atoms with Crippen LogP contribution in [0.4, 0.5) is 0 Å². The van der Waals surface area contributed by atoms with Gasteiger partial charge in [-0.2, -0.15) is 0 Å². The summed E-state index contributed by atoms with van der Waals surface area (Å²) in [6.07, 6.45) is 0. The standard InChI is InChI=1S/C24H20N2/c1-15-25-22-11-7-5-9-19(22)23(26-15)16-12-13-18-17-8-4-6-10-20(17)24(2,3)21(18)14-16/h4-14H,1-3H3. The van der Waals surface area contributed by atoms with Crippen LogP contribution >= 0.6 is 0 Å². The van der Waals surface area contributed by atoms with E-state index in [2.05, 4.69) is 79.5 Å². The average Bonchev–Trinajstić information content (AvgIpc) is 2.89. The predicted octanol–water partition coefficient (Wildman–Crippen LogP) is 5.91. The second kappa shape index (κ2) is 5.25. The van der Waals surface area contributed by atoms with Crippen LogP contribution < -0.4 is 0 Å². The minimum atomic E-state index is -0.000183. The summed E-state index contributed by atoms with van der Waals surface area (Å²) in [6, 6.07) is 23.8. The van der Waals surface area contributed by atoms with Crippen molar-refractivity contribution in [2.75, 3.05) is 0 Å². The van der Waals surface area contributed by atoms with E-state index in [-0.39, 0.29) is 5.41 Å². The number of para-hydroxylation sites is 1. The zero-order valence-corrected chi connectivity index (χ0v) is 15.2. The molecule has 3 aromatic carbocycles. The van der Waals surface area contributed by atoms with Gasteiger partial charge >= 0.3 is 0 Å². The molecule has 5 rings (SSSR count). The number of hydrogen-bond donors (Lipinski definition) is 0. The lowest BCUT2D eigenvalue weighted by Gasteiger charge is -2.22. The molecule has 126 valence electrons. The van der Waals surface area contributed by atoms with Crippen molar-refractivity contribution in [1.29, 1.82) is 0 Å². The molecule has 0 radical (unpaired) electrons. The lowest BCUT2D eigenvalue weighted by Crippen LogP contribution is -2.14. The van der Waals surface area contributed by atoms with Gasteiger partial charge in [0.2, 0.25) is 0 Å². The van der Waals surface area contributed by atoms with Crippen molar-refractivity contribution in [3.8, 4) is 22.4 Å². The van der Waals surface area contributed by atoms with Crippen molar-refractivity contribution >= 4 is 10.9 Å². The van der Waals surface area contributed by atoms with Gasteiger partial charge in [0, 0.05) is 16.4 Å². The van der Waals surface area contributed by atoms with Crippen molar-refractivity contribution in [3.63, 3.8) is 0 Å². The molecule has 1 aromatic heterocycles. The highest BCUT2D eigenvalue weighted by atomic mass is 14.9. The molecule has 2 nitrogen and oxygen atoms in total. The number of nitrogens with zero attached hydrogens (tertiary/aromatic N) is 2. The van der Waals surface area contributed by atoms with Crippen LogP contribution in [0.2, 0.25) is 0 Å². The number of aryl methyl sites for hydroxylation is 1. The normalized spacial score (nSPS) is 14.3. The maximum atomic E-state index is 4.78. The summed E-state index contributed by atoms with van der Waals surface area (Å²) in [5.41, 5.74) is 8.63. The summed E-state index contributed by atoms with van der Waals surface area (Å²) < 4.78 is 0. The first-order chi connectivity index (χ1) is 12.6. The summed E-state index contributed by atoms with van der Waals surface area (Å²) in [5.74, 6) is 0.807. The highest BCUT2D eigenvalue weighted by Crippen LogP contribution is 2.49. The van der Waals surface area contributed by atoms with Crippen molar-refractivity contribution in [2.24, 2.45) is 0 Å². The van der Waals surface area contributed by atoms with E-state index in [0.717, 1.165) is 28.0 Å². The van der Waals surface area contributed by atoms with Gasteiger partial charge < -0.3 is 0 Å². The Morgan fingerprint density at radius 1 is 0.731 bits per heavy atom. The molecule has 26 heavy (non-hydrogen) atoms. The van der Waals surface area contributed by atoms with E-state index in [1.54, 1.807) is 0 Å². The molecule has 1 aliphatic carbocycles. The smallest absolute Gasteiger partial charge is 0.126 e. The third-order valence-corrected chi connectivity index (χ3v) is 5.57. The van der Waals surface area contributed by atoms with E-state index in [0.29, 0.717) is 0 Å². The fraction of sp³-hybridized carbons (Fsp3) is 0.167. The number of hydrogen-bond acceptors (Lipinski definition) is 2. The van der Waals surface area contributed by atoms with Gasteiger partial charge in [0.1, 0.15) is 5.82 Å². The molecular weight excluding hydrogens is 316 g/mol. The van der Waals surface area contributed by atoms with Crippen LogP contribution in [-0.2, 0) is 5.41 Å². The Hall–Kier alpha value is -3.00. The molecule has 1 aliphatic rings. The predicted molar refractivity (Wildman–Crippen MR) is 107 cm³/mol. The van der Waals surface area contributed by atoms with Crippen molar-refractivity contribution in [1.82, 2.24) is 9.97 Å². The van der Waals surface area contributed by atoms with Crippen LogP contribution in [0.15, 0.2) is 66.7 Å². The number of fused-ring (bicyclic) bond motifs is 4. The molecular formula is C24H20N2. The maximum Gasteiger partial charge on any atom is 0.126 e. The van der Waals surface area contributed by atoms with Gasteiger partial charge in [-0.1, -0.05) is 68.4 Å². The van der Waals surface area contributed by atoms with E-state index in [9.17, 15) is 0 Å². The molecule has 0 atom stereocenters. The zero-order valence-electron chi connectivity index (χ0n) is 15.2. The Labute approximate surface area is 153 Å². The van der Waals surface area contributed by atoms with Crippen LogP contribution in [0.5, 0.6) is 0 Å². The van der Waals surface area contributed by atoms with E-state index < -0.39 is 0 Å². The highest BCUT2D eigenvalue weighted by Gasteiger charge is 2.35. The lowest BCUT2D eigenvalue weighted by atomic mass is 9.82. The SMILES string of the molecule is Cc1nc(-c2ccc3c(c2)C(C)(C)c2ccccc2-3)c2ccccc2n1. The minimum absolute atomic E-state index is 0.000183. The van der Waals surface area contributed by atoms with Crippen LogP contribution in [0.3, 0.4) is 0 Å². The number of rotatable bonds is 1. The van der Waals surface area contributed by atoms with Crippen molar-refractivity contribution in [3.05, 3.63) is 83.7 Å². The molecule has 0 spiro atoms. The van der Waals surface area contributed by atoms with Gasteiger partial charge in [-0.15, -0.1) is 0 Å². The van der Waals surface area contributed by atoms with Gasteiger partial charge in [0.05, 0.1) is 11.2 Å². The van der Waals surface area contributed by atoms with Gasteiger partial charge in [0.25, 0.3) is 0 Å². The molecule has 1 heterocycles. The Morgan fingerprint density at radius 3 is 2.35 bits per heavy atom. The largest absolute Gasteiger partial charge is 0.233 e. The quantitative estimate of drug-likeness (QED) is 0.432. The Morgan fingerprint density at radius 2 is 1.46 bits per heavy atom. The Bertz CT molecular complexity index is 1170. The lowest BCUT2D eigenvalue weighted by molar-refractivity contribution is 0.660. The van der Waals surface area contributed by atoms with Crippen molar-refractivity contribution < 1.29 is 0 Å². The Kier molecular flexibility index (Phi) is 3.08. The van der Waals surface area contributed by atoms with Gasteiger partial charge in [0.15, 0.2) is 0 Å². The minimum Gasteiger partial charge on any atom is -0.233 e. The summed E-state index contributed by atoms with van der Waals surface area (Å²) in [6.45, 7) is 6.58.